The number of halogens is 1. The van der Waals surface area contributed by atoms with Crippen molar-refractivity contribution >= 4 is 29.1 Å². The highest BCUT2D eigenvalue weighted by Gasteiger charge is 2.14. The topological polar surface area (TPSA) is 58.2 Å². The van der Waals surface area contributed by atoms with Gasteiger partial charge < -0.3 is 10.6 Å². The fourth-order valence-electron chi connectivity index (χ4n) is 2.29. The minimum absolute atomic E-state index is 0.408. The van der Waals surface area contributed by atoms with E-state index < -0.39 is 11.8 Å². The molecule has 2 rings (SSSR count). The summed E-state index contributed by atoms with van der Waals surface area (Å²) in [4.78, 5) is 23.5. The number of benzene rings is 1. The zero-order chi connectivity index (χ0) is 15.1. The van der Waals surface area contributed by atoms with Crippen molar-refractivity contribution in [2.45, 2.75) is 32.1 Å². The van der Waals surface area contributed by atoms with Crippen LogP contribution in [0.25, 0.3) is 0 Å². The van der Waals surface area contributed by atoms with Crippen LogP contribution in [-0.4, -0.2) is 18.4 Å². The van der Waals surface area contributed by atoms with Crippen molar-refractivity contribution in [3.63, 3.8) is 0 Å². The number of anilines is 1. The molecule has 1 aromatic carbocycles. The van der Waals surface area contributed by atoms with Gasteiger partial charge in [0.15, 0.2) is 0 Å². The standard InChI is InChI=1S/C16H19ClN2O2/c17-13-8-4-5-9-14(13)19-16(21)15(20)18-11-10-12-6-2-1-3-7-12/h4-6,8-9H,1-3,7,10-11H2,(H,18,20)(H,19,21). The lowest BCUT2D eigenvalue weighted by Gasteiger charge is -2.13. The van der Waals surface area contributed by atoms with E-state index >= 15 is 0 Å². The smallest absolute Gasteiger partial charge is 0.313 e. The summed E-state index contributed by atoms with van der Waals surface area (Å²) >= 11 is 5.92. The van der Waals surface area contributed by atoms with Gasteiger partial charge in [0.1, 0.15) is 0 Å². The monoisotopic (exact) mass is 306 g/mol. The van der Waals surface area contributed by atoms with Gasteiger partial charge in [-0.2, -0.15) is 0 Å². The van der Waals surface area contributed by atoms with E-state index in [4.69, 9.17) is 11.6 Å². The number of allylic oxidation sites excluding steroid dienone is 1. The van der Waals surface area contributed by atoms with Gasteiger partial charge in [-0.1, -0.05) is 35.4 Å². The van der Waals surface area contributed by atoms with Gasteiger partial charge in [-0.15, -0.1) is 0 Å². The van der Waals surface area contributed by atoms with E-state index in [2.05, 4.69) is 16.7 Å². The van der Waals surface area contributed by atoms with E-state index in [0.717, 1.165) is 19.3 Å². The number of rotatable bonds is 4. The van der Waals surface area contributed by atoms with Crippen LogP contribution in [0.15, 0.2) is 35.9 Å². The molecule has 0 aromatic heterocycles. The summed E-state index contributed by atoms with van der Waals surface area (Å²) in [6, 6.07) is 6.82. The third-order valence-electron chi connectivity index (χ3n) is 3.44. The second-order valence-electron chi connectivity index (χ2n) is 5.05. The Labute approximate surface area is 129 Å². The second-order valence-corrected chi connectivity index (χ2v) is 5.46. The Morgan fingerprint density at radius 1 is 1.14 bits per heavy atom. The third-order valence-corrected chi connectivity index (χ3v) is 3.77. The fraction of sp³-hybridized carbons (Fsp3) is 0.375. The highest BCUT2D eigenvalue weighted by molar-refractivity contribution is 6.41. The molecule has 1 aliphatic rings. The normalized spacial score (nSPS) is 14.2. The van der Waals surface area contributed by atoms with Crippen molar-refractivity contribution < 1.29 is 9.59 Å². The molecule has 0 atom stereocenters. The van der Waals surface area contributed by atoms with Gasteiger partial charge in [-0.25, -0.2) is 0 Å². The SMILES string of the molecule is O=C(NCCC1=CCCCC1)C(=O)Nc1ccccc1Cl. The highest BCUT2D eigenvalue weighted by atomic mass is 35.5. The summed E-state index contributed by atoms with van der Waals surface area (Å²) in [6.07, 6.45) is 7.73. The molecule has 0 bridgehead atoms. The summed E-state index contributed by atoms with van der Waals surface area (Å²) < 4.78 is 0. The van der Waals surface area contributed by atoms with Gasteiger partial charge in [0, 0.05) is 6.54 Å². The molecule has 0 fully saturated rings. The number of amides is 2. The van der Waals surface area contributed by atoms with E-state index in [1.54, 1.807) is 24.3 Å². The maximum absolute atomic E-state index is 11.8. The zero-order valence-corrected chi connectivity index (χ0v) is 12.6. The summed E-state index contributed by atoms with van der Waals surface area (Å²) in [5, 5.41) is 5.54. The number of hydrogen-bond acceptors (Lipinski definition) is 2. The first-order valence-electron chi connectivity index (χ1n) is 7.18. The van der Waals surface area contributed by atoms with Crippen LogP contribution in [0, 0.1) is 0 Å². The molecule has 0 aliphatic heterocycles. The molecule has 0 saturated carbocycles. The Bertz CT molecular complexity index is 555. The van der Waals surface area contributed by atoms with Crippen molar-refractivity contribution in [1.82, 2.24) is 5.32 Å². The molecular weight excluding hydrogens is 288 g/mol. The summed E-state index contributed by atoms with van der Waals surface area (Å²) in [5.74, 6) is -1.33. The van der Waals surface area contributed by atoms with Crippen LogP contribution in [-0.2, 0) is 9.59 Å². The third kappa shape index (κ3) is 4.90. The van der Waals surface area contributed by atoms with Gasteiger partial charge in [0.05, 0.1) is 10.7 Å². The second kappa shape index (κ2) is 7.84. The van der Waals surface area contributed by atoms with Crippen molar-refractivity contribution in [2.75, 3.05) is 11.9 Å². The lowest BCUT2D eigenvalue weighted by atomic mass is 9.97. The van der Waals surface area contributed by atoms with E-state index in [0.29, 0.717) is 17.3 Å². The number of nitrogens with one attached hydrogen (secondary N) is 2. The molecule has 5 heteroatoms. The lowest BCUT2D eigenvalue weighted by Crippen LogP contribution is -2.36. The molecule has 0 heterocycles. The lowest BCUT2D eigenvalue weighted by molar-refractivity contribution is -0.136. The fourth-order valence-corrected chi connectivity index (χ4v) is 2.47. The molecule has 1 aromatic rings. The Morgan fingerprint density at radius 3 is 2.67 bits per heavy atom. The Balaban J connectivity index is 1.76. The molecule has 0 spiro atoms. The maximum Gasteiger partial charge on any atom is 0.313 e. The van der Waals surface area contributed by atoms with Crippen LogP contribution in [0.5, 0.6) is 0 Å². The first-order valence-corrected chi connectivity index (χ1v) is 7.56. The number of carbonyl (C=O) groups excluding carboxylic acids is 2. The van der Waals surface area contributed by atoms with Crippen molar-refractivity contribution in [1.29, 1.82) is 0 Å². The minimum Gasteiger partial charge on any atom is -0.348 e. The first kappa shape index (κ1) is 15.6. The first-order chi connectivity index (χ1) is 10.2. The van der Waals surface area contributed by atoms with Gasteiger partial charge in [0.25, 0.3) is 0 Å². The Hall–Kier alpha value is -1.81. The minimum atomic E-state index is -0.694. The summed E-state index contributed by atoms with van der Waals surface area (Å²) in [6.45, 7) is 0.487. The van der Waals surface area contributed by atoms with Crippen LogP contribution in [0.1, 0.15) is 32.1 Å². The van der Waals surface area contributed by atoms with Gasteiger partial charge in [-0.05, 0) is 44.2 Å². The Morgan fingerprint density at radius 2 is 1.95 bits per heavy atom. The molecule has 4 nitrogen and oxygen atoms in total. The zero-order valence-electron chi connectivity index (χ0n) is 11.8. The number of carbonyl (C=O) groups is 2. The number of para-hydroxylation sites is 1. The summed E-state index contributed by atoms with van der Waals surface area (Å²) in [7, 11) is 0. The molecule has 112 valence electrons. The molecule has 0 unspecified atom stereocenters. The van der Waals surface area contributed by atoms with Crippen LogP contribution in [0.4, 0.5) is 5.69 Å². The van der Waals surface area contributed by atoms with Crippen molar-refractivity contribution in [3.8, 4) is 0 Å². The maximum atomic E-state index is 11.8. The van der Waals surface area contributed by atoms with E-state index in [9.17, 15) is 9.59 Å². The predicted molar refractivity (Wildman–Crippen MR) is 84.3 cm³/mol. The van der Waals surface area contributed by atoms with Crippen LogP contribution in [0.3, 0.4) is 0 Å². The average Bonchev–Trinajstić information content (AvgIpc) is 2.50. The molecular formula is C16H19ClN2O2. The number of hydrogen-bond donors (Lipinski definition) is 2. The van der Waals surface area contributed by atoms with Gasteiger partial charge in [-0.3, -0.25) is 9.59 Å². The Kier molecular flexibility index (Phi) is 5.81. The molecule has 2 N–H and O–H groups in total. The van der Waals surface area contributed by atoms with E-state index in [-0.39, 0.29) is 0 Å². The van der Waals surface area contributed by atoms with Gasteiger partial charge in [0.2, 0.25) is 0 Å². The summed E-state index contributed by atoms with van der Waals surface area (Å²) in [5.41, 5.74) is 1.81. The highest BCUT2D eigenvalue weighted by Crippen LogP contribution is 2.20. The van der Waals surface area contributed by atoms with Crippen LogP contribution in [0.2, 0.25) is 5.02 Å². The van der Waals surface area contributed by atoms with Gasteiger partial charge >= 0.3 is 11.8 Å². The quantitative estimate of drug-likeness (QED) is 0.662. The largest absolute Gasteiger partial charge is 0.348 e. The molecule has 0 saturated heterocycles. The molecule has 1 aliphatic carbocycles. The molecule has 2 amide bonds. The van der Waals surface area contributed by atoms with Crippen LogP contribution < -0.4 is 10.6 Å². The van der Waals surface area contributed by atoms with E-state index in [1.165, 1.54) is 18.4 Å². The molecule has 0 radical (unpaired) electrons. The molecule has 21 heavy (non-hydrogen) atoms. The van der Waals surface area contributed by atoms with E-state index in [1.807, 2.05) is 0 Å². The van der Waals surface area contributed by atoms with Crippen molar-refractivity contribution in [3.05, 3.63) is 40.9 Å². The average molecular weight is 307 g/mol. The van der Waals surface area contributed by atoms with Crippen LogP contribution >= 0.6 is 11.6 Å². The van der Waals surface area contributed by atoms with Crippen molar-refractivity contribution in [2.24, 2.45) is 0 Å². The predicted octanol–water partition coefficient (Wildman–Crippen LogP) is 3.29.